The maximum absolute atomic E-state index is 13.6. The third-order valence-corrected chi connectivity index (χ3v) is 3.44. The molecule has 0 aliphatic carbocycles. The van der Waals surface area contributed by atoms with Crippen LogP contribution in [0.3, 0.4) is 0 Å². The molecule has 15 heavy (non-hydrogen) atoms. The van der Waals surface area contributed by atoms with Gasteiger partial charge in [0.1, 0.15) is 0 Å². The number of hydrogen-bond donors (Lipinski definition) is 1. The monoisotopic (exact) mass is 273 g/mol. The van der Waals surface area contributed by atoms with Crippen LogP contribution < -0.4 is 5.32 Å². The topological polar surface area (TPSA) is 12.0 Å². The van der Waals surface area contributed by atoms with Gasteiger partial charge < -0.3 is 5.32 Å². The van der Waals surface area contributed by atoms with Crippen LogP contribution >= 0.6 is 15.9 Å². The lowest BCUT2D eigenvalue weighted by atomic mass is 10.0. The molecule has 0 aliphatic rings. The first-order valence-corrected chi connectivity index (χ1v) is 6.06. The van der Waals surface area contributed by atoms with Crippen LogP contribution in [-0.2, 0) is 0 Å². The van der Waals surface area contributed by atoms with Gasteiger partial charge in [-0.25, -0.2) is 4.39 Å². The van der Waals surface area contributed by atoms with E-state index in [1.165, 1.54) is 0 Å². The highest BCUT2D eigenvalue weighted by Gasteiger charge is 2.12. The van der Waals surface area contributed by atoms with Crippen LogP contribution in [0.25, 0.3) is 0 Å². The molecule has 1 aromatic carbocycles. The summed E-state index contributed by atoms with van der Waals surface area (Å²) in [5, 5.41) is 3.20. The van der Waals surface area contributed by atoms with Gasteiger partial charge >= 0.3 is 0 Å². The van der Waals surface area contributed by atoms with Crippen LogP contribution in [0, 0.1) is 11.7 Å². The summed E-state index contributed by atoms with van der Waals surface area (Å²) in [5.41, 5.74) is 0.567. The normalized spacial score (nSPS) is 14.7. The molecule has 3 heteroatoms. The van der Waals surface area contributed by atoms with Gasteiger partial charge in [-0.15, -0.1) is 0 Å². The van der Waals surface area contributed by atoms with Crippen LogP contribution in [0.15, 0.2) is 22.7 Å². The van der Waals surface area contributed by atoms with Crippen molar-refractivity contribution in [3.8, 4) is 0 Å². The van der Waals surface area contributed by atoms with Crippen molar-refractivity contribution in [2.75, 3.05) is 5.32 Å². The van der Waals surface area contributed by atoms with E-state index in [0.29, 0.717) is 16.1 Å². The second kappa shape index (κ2) is 5.50. The first-order valence-electron chi connectivity index (χ1n) is 5.26. The van der Waals surface area contributed by atoms with Crippen molar-refractivity contribution < 1.29 is 4.39 Å². The predicted octanol–water partition coefficient (Wildman–Crippen LogP) is 4.43. The summed E-state index contributed by atoms with van der Waals surface area (Å²) in [5.74, 6) is 0.316. The molecule has 0 heterocycles. The number of anilines is 1. The summed E-state index contributed by atoms with van der Waals surface area (Å²) in [4.78, 5) is 0. The highest BCUT2D eigenvalue weighted by Crippen LogP contribution is 2.24. The highest BCUT2D eigenvalue weighted by atomic mass is 79.9. The Bertz CT molecular complexity index is 327. The molecule has 0 saturated heterocycles. The zero-order chi connectivity index (χ0) is 11.4. The Morgan fingerprint density at radius 2 is 2.07 bits per heavy atom. The van der Waals surface area contributed by atoms with Gasteiger partial charge in [0.15, 0.2) is 5.82 Å². The lowest BCUT2D eigenvalue weighted by molar-refractivity contribution is 0.491. The molecule has 1 N–H and O–H groups in total. The molecule has 1 aromatic rings. The van der Waals surface area contributed by atoms with E-state index in [0.717, 1.165) is 6.42 Å². The highest BCUT2D eigenvalue weighted by molar-refractivity contribution is 9.10. The van der Waals surface area contributed by atoms with Gasteiger partial charge in [-0.1, -0.05) is 26.3 Å². The molecule has 0 fully saturated rings. The third kappa shape index (κ3) is 3.20. The van der Waals surface area contributed by atoms with Crippen molar-refractivity contribution in [3.63, 3.8) is 0 Å². The van der Waals surface area contributed by atoms with Gasteiger partial charge in [-0.3, -0.25) is 0 Å². The third-order valence-electron chi connectivity index (χ3n) is 2.83. The molecule has 1 nitrogen and oxygen atoms in total. The van der Waals surface area contributed by atoms with Gasteiger partial charge in [0.05, 0.1) is 10.2 Å². The largest absolute Gasteiger partial charge is 0.380 e. The maximum Gasteiger partial charge on any atom is 0.160 e. The van der Waals surface area contributed by atoms with E-state index in [2.05, 4.69) is 42.0 Å². The number of hydrogen-bond acceptors (Lipinski definition) is 1. The lowest BCUT2D eigenvalue weighted by Gasteiger charge is -2.21. The smallest absolute Gasteiger partial charge is 0.160 e. The van der Waals surface area contributed by atoms with Gasteiger partial charge in [-0.05, 0) is 40.9 Å². The van der Waals surface area contributed by atoms with E-state index in [1.54, 1.807) is 12.1 Å². The van der Waals surface area contributed by atoms with E-state index in [1.807, 2.05) is 6.07 Å². The predicted molar refractivity (Wildman–Crippen MR) is 66.6 cm³/mol. The van der Waals surface area contributed by atoms with Crippen molar-refractivity contribution in [1.29, 1.82) is 0 Å². The van der Waals surface area contributed by atoms with Crippen molar-refractivity contribution in [1.82, 2.24) is 0 Å². The summed E-state index contributed by atoms with van der Waals surface area (Å²) < 4.78 is 14.1. The van der Waals surface area contributed by atoms with Crippen LogP contribution in [0.5, 0.6) is 0 Å². The van der Waals surface area contributed by atoms with Crippen LogP contribution in [0.2, 0.25) is 0 Å². The minimum Gasteiger partial charge on any atom is -0.380 e. The zero-order valence-electron chi connectivity index (χ0n) is 9.35. The minimum absolute atomic E-state index is 0.215. The van der Waals surface area contributed by atoms with E-state index in [4.69, 9.17) is 0 Å². The van der Waals surface area contributed by atoms with E-state index in [-0.39, 0.29) is 11.9 Å². The van der Waals surface area contributed by atoms with Crippen molar-refractivity contribution in [2.24, 2.45) is 5.92 Å². The van der Waals surface area contributed by atoms with E-state index in [9.17, 15) is 4.39 Å². The van der Waals surface area contributed by atoms with Crippen LogP contribution in [0.1, 0.15) is 27.2 Å². The molecule has 1 rings (SSSR count). The summed E-state index contributed by atoms with van der Waals surface area (Å²) in [6.45, 7) is 6.38. The second-order valence-electron chi connectivity index (χ2n) is 3.92. The van der Waals surface area contributed by atoms with E-state index >= 15 is 0 Å². The fourth-order valence-electron chi connectivity index (χ4n) is 1.36. The van der Waals surface area contributed by atoms with Gasteiger partial charge in [0.25, 0.3) is 0 Å². The SMILES string of the molecule is CCC(C)C(C)Nc1cccc(Br)c1F. The van der Waals surface area contributed by atoms with Crippen molar-refractivity contribution >= 4 is 21.6 Å². The molecular weight excluding hydrogens is 257 g/mol. The first kappa shape index (κ1) is 12.5. The van der Waals surface area contributed by atoms with Gasteiger partial charge in [-0.2, -0.15) is 0 Å². The average molecular weight is 274 g/mol. The molecule has 0 bridgehead atoms. The molecule has 0 radical (unpaired) electrons. The Balaban J connectivity index is 2.76. The Kier molecular flexibility index (Phi) is 4.58. The van der Waals surface area contributed by atoms with Crippen molar-refractivity contribution in [3.05, 3.63) is 28.5 Å². The summed E-state index contributed by atoms with van der Waals surface area (Å²) >= 11 is 3.18. The minimum atomic E-state index is -0.215. The molecule has 2 unspecified atom stereocenters. The van der Waals surface area contributed by atoms with Gasteiger partial charge in [0.2, 0.25) is 0 Å². The van der Waals surface area contributed by atoms with E-state index < -0.39 is 0 Å². The Labute approximate surface area is 99.2 Å². The molecule has 0 amide bonds. The molecular formula is C12H17BrFN. The quantitative estimate of drug-likeness (QED) is 0.856. The molecule has 0 spiro atoms. The molecule has 0 aromatic heterocycles. The number of nitrogens with one attached hydrogen (secondary N) is 1. The number of rotatable bonds is 4. The van der Waals surface area contributed by atoms with Crippen LogP contribution in [0.4, 0.5) is 10.1 Å². The number of halogens is 2. The second-order valence-corrected chi connectivity index (χ2v) is 4.77. The standard InChI is InChI=1S/C12H17BrFN/c1-4-8(2)9(3)15-11-7-5-6-10(13)12(11)14/h5-9,15H,4H2,1-3H3. The van der Waals surface area contributed by atoms with Gasteiger partial charge in [0, 0.05) is 6.04 Å². The van der Waals surface area contributed by atoms with Crippen molar-refractivity contribution in [2.45, 2.75) is 33.2 Å². The Hall–Kier alpha value is -0.570. The fraction of sp³-hybridized carbons (Fsp3) is 0.500. The van der Waals surface area contributed by atoms with Crippen LogP contribution in [-0.4, -0.2) is 6.04 Å². The first-order chi connectivity index (χ1) is 7.06. The Morgan fingerprint density at radius 1 is 1.40 bits per heavy atom. The molecule has 84 valence electrons. The maximum atomic E-state index is 13.6. The molecule has 0 saturated carbocycles. The zero-order valence-corrected chi connectivity index (χ0v) is 10.9. The summed E-state index contributed by atoms with van der Waals surface area (Å²) in [6.07, 6.45) is 1.09. The number of benzene rings is 1. The molecule has 0 aliphatic heterocycles. The Morgan fingerprint density at radius 3 is 2.67 bits per heavy atom. The fourth-order valence-corrected chi connectivity index (χ4v) is 1.72. The molecule has 2 atom stereocenters. The summed E-state index contributed by atoms with van der Waals surface area (Å²) in [6, 6.07) is 5.57. The average Bonchev–Trinajstić information content (AvgIpc) is 2.23. The summed E-state index contributed by atoms with van der Waals surface area (Å²) in [7, 11) is 0. The lowest BCUT2D eigenvalue weighted by Crippen LogP contribution is -2.23.